The number of carbonyl (C=O) groups is 1. The SMILES string of the molecule is Cc1cnc(NC(=O)N2C[C@@]3(CCN(C)C3)c3cc(Cl)ccc32)s1. The van der Waals surface area contributed by atoms with Crippen molar-refractivity contribution in [3.63, 3.8) is 0 Å². The van der Waals surface area contributed by atoms with Crippen LogP contribution in [0.2, 0.25) is 5.02 Å². The summed E-state index contributed by atoms with van der Waals surface area (Å²) in [6.07, 6.45) is 2.81. The van der Waals surface area contributed by atoms with Gasteiger partial charge in [0.05, 0.1) is 0 Å². The minimum Gasteiger partial charge on any atom is -0.305 e. The molecule has 24 heavy (non-hydrogen) atoms. The first kappa shape index (κ1) is 15.9. The summed E-state index contributed by atoms with van der Waals surface area (Å²) >= 11 is 7.72. The van der Waals surface area contributed by atoms with E-state index in [0.29, 0.717) is 11.7 Å². The number of halogens is 1. The van der Waals surface area contributed by atoms with Crippen molar-refractivity contribution in [1.29, 1.82) is 0 Å². The molecule has 4 rings (SSSR count). The molecule has 0 unspecified atom stereocenters. The lowest BCUT2D eigenvalue weighted by Crippen LogP contribution is -2.40. The largest absolute Gasteiger partial charge is 0.328 e. The number of carbonyl (C=O) groups excluding carboxylic acids is 1. The maximum atomic E-state index is 12.8. The van der Waals surface area contributed by atoms with Gasteiger partial charge in [0.15, 0.2) is 5.13 Å². The number of amides is 2. The molecule has 2 aliphatic rings. The van der Waals surface area contributed by atoms with Crippen LogP contribution in [0.15, 0.2) is 24.4 Å². The normalized spacial score (nSPS) is 23.0. The van der Waals surface area contributed by atoms with Gasteiger partial charge in [-0.3, -0.25) is 10.2 Å². The Morgan fingerprint density at radius 2 is 2.25 bits per heavy atom. The number of aromatic nitrogens is 1. The number of hydrogen-bond acceptors (Lipinski definition) is 4. The molecule has 5 nitrogen and oxygen atoms in total. The number of likely N-dealkylation sites (tertiary alicyclic amines) is 1. The van der Waals surface area contributed by atoms with Crippen LogP contribution in [0.5, 0.6) is 0 Å². The molecule has 1 spiro atoms. The number of nitrogens with zero attached hydrogens (tertiary/aromatic N) is 3. The van der Waals surface area contributed by atoms with Crippen LogP contribution in [0, 0.1) is 6.92 Å². The topological polar surface area (TPSA) is 48.5 Å². The number of urea groups is 1. The summed E-state index contributed by atoms with van der Waals surface area (Å²) in [4.78, 5) is 22.3. The van der Waals surface area contributed by atoms with Crippen LogP contribution in [0.3, 0.4) is 0 Å². The summed E-state index contributed by atoms with van der Waals surface area (Å²) < 4.78 is 0. The zero-order valence-corrected chi connectivity index (χ0v) is 15.2. The predicted octanol–water partition coefficient (Wildman–Crippen LogP) is 3.73. The zero-order chi connectivity index (χ0) is 16.9. The average Bonchev–Trinajstić information content (AvgIpc) is 3.20. The van der Waals surface area contributed by atoms with Crippen LogP contribution < -0.4 is 10.2 Å². The van der Waals surface area contributed by atoms with E-state index in [2.05, 4.69) is 22.2 Å². The van der Waals surface area contributed by atoms with Crippen molar-refractivity contribution in [1.82, 2.24) is 9.88 Å². The fraction of sp³-hybridized carbons (Fsp3) is 0.412. The number of rotatable bonds is 1. The molecule has 0 radical (unpaired) electrons. The van der Waals surface area contributed by atoms with E-state index < -0.39 is 0 Å². The number of likely N-dealkylation sites (N-methyl/N-ethyl adjacent to an activating group) is 1. The molecule has 2 aromatic rings. The summed E-state index contributed by atoms with van der Waals surface area (Å²) in [5.41, 5.74) is 2.12. The summed E-state index contributed by atoms with van der Waals surface area (Å²) in [7, 11) is 2.13. The van der Waals surface area contributed by atoms with Gasteiger partial charge in [-0.25, -0.2) is 9.78 Å². The van der Waals surface area contributed by atoms with Gasteiger partial charge in [0.1, 0.15) is 0 Å². The summed E-state index contributed by atoms with van der Waals surface area (Å²) in [5.74, 6) is 0. The number of aryl methyl sites for hydroxylation is 1. The lowest BCUT2D eigenvalue weighted by Gasteiger charge is -2.25. The van der Waals surface area contributed by atoms with Crippen molar-refractivity contribution in [2.45, 2.75) is 18.8 Å². The highest BCUT2D eigenvalue weighted by Gasteiger charge is 2.48. The second kappa shape index (κ2) is 5.72. The molecule has 1 atom stereocenters. The molecule has 0 saturated carbocycles. The second-order valence-electron chi connectivity index (χ2n) is 6.72. The Bertz CT molecular complexity index is 808. The van der Waals surface area contributed by atoms with Gasteiger partial charge in [0.2, 0.25) is 0 Å². The Kier molecular flexibility index (Phi) is 3.78. The molecule has 3 heterocycles. The molecule has 7 heteroatoms. The highest BCUT2D eigenvalue weighted by Crippen LogP contribution is 2.47. The molecule has 0 bridgehead atoms. The molecular weight excluding hydrogens is 344 g/mol. The summed E-state index contributed by atoms with van der Waals surface area (Å²) in [6, 6.07) is 5.71. The Morgan fingerprint density at radius 1 is 1.42 bits per heavy atom. The molecule has 1 N–H and O–H groups in total. The molecule has 2 amide bonds. The van der Waals surface area contributed by atoms with Gasteiger partial charge in [-0.15, -0.1) is 11.3 Å². The third-order valence-corrected chi connectivity index (χ3v) is 5.97. The van der Waals surface area contributed by atoms with E-state index >= 15 is 0 Å². The van der Waals surface area contributed by atoms with Gasteiger partial charge in [-0.2, -0.15) is 0 Å². The molecule has 1 fully saturated rings. The smallest absolute Gasteiger partial charge is 0.305 e. The van der Waals surface area contributed by atoms with Gasteiger partial charge in [0.25, 0.3) is 0 Å². The van der Waals surface area contributed by atoms with Crippen molar-refractivity contribution in [2.24, 2.45) is 0 Å². The van der Waals surface area contributed by atoms with E-state index in [-0.39, 0.29) is 11.4 Å². The number of fused-ring (bicyclic) bond motifs is 2. The van der Waals surface area contributed by atoms with E-state index in [4.69, 9.17) is 11.6 Å². The molecule has 1 aromatic heterocycles. The van der Waals surface area contributed by atoms with Crippen LogP contribution in [0.1, 0.15) is 16.9 Å². The van der Waals surface area contributed by atoms with Crippen LogP contribution in [-0.4, -0.2) is 42.6 Å². The Balaban J connectivity index is 1.67. The monoisotopic (exact) mass is 362 g/mol. The fourth-order valence-electron chi connectivity index (χ4n) is 3.82. The van der Waals surface area contributed by atoms with Gasteiger partial charge >= 0.3 is 6.03 Å². The quantitative estimate of drug-likeness (QED) is 0.840. The van der Waals surface area contributed by atoms with E-state index in [0.717, 1.165) is 35.1 Å². The van der Waals surface area contributed by atoms with E-state index in [9.17, 15) is 4.79 Å². The van der Waals surface area contributed by atoms with Gasteiger partial charge in [-0.1, -0.05) is 11.6 Å². The number of anilines is 2. The predicted molar refractivity (Wildman–Crippen MR) is 98.5 cm³/mol. The van der Waals surface area contributed by atoms with Crippen molar-refractivity contribution in [3.05, 3.63) is 39.9 Å². The molecule has 1 saturated heterocycles. The number of thiazole rings is 1. The molecule has 1 aromatic carbocycles. The molecule has 0 aliphatic carbocycles. The number of nitrogens with one attached hydrogen (secondary N) is 1. The Hall–Kier alpha value is -1.63. The first-order chi connectivity index (χ1) is 11.5. The first-order valence-corrected chi connectivity index (χ1v) is 9.16. The summed E-state index contributed by atoms with van der Waals surface area (Å²) in [6.45, 7) is 4.64. The van der Waals surface area contributed by atoms with E-state index in [1.54, 1.807) is 6.20 Å². The van der Waals surface area contributed by atoms with Crippen LogP contribution in [-0.2, 0) is 5.41 Å². The lowest BCUT2D eigenvalue weighted by atomic mass is 9.81. The molecule has 2 aliphatic heterocycles. The minimum absolute atomic E-state index is 0.0227. The van der Waals surface area contributed by atoms with Crippen LogP contribution >= 0.6 is 22.9 Å². The molecular formula is C17H19ClN4OS. The number of hydrogen-bond donors (Lipinski definition) is 1. The fourth-order valence-corrected chi connectivity index (χ4v) is 4.65. The maximum Gasteiger partial charge on any atom is 0.328 e. The summed E-state index contributed by atoms with van der Waals surface area (Å²) in [5, 5.41) is 4.28. The third kappa shape index (κ3) is 2.59. The average molecular weight is 363 g/mol. The van der Waals surface area contributed by atoms with Gasteiger partial charge in [0, 0.05) is 40.3 Å². The van der Waals surface area contributed by atoms with Crippen LogP contribution in [0.25, 0.3) is 0 Å². The van der Waals surface area contributed by atoms with Crippen molar-refractivity contribution >= 4 is 39.8 Å². The van der Waals surface area contributed by atoms with E-state index in [1.165, 1.54) is 16.9 Å². The highest BCUT2D eigenvalue weighted by molar-refractivity contribution is 7.15. The molecule has 126 valence electrons. The van der Waals surface area contributed by atoms with Crippen LogP contribution in [0.4, 0.5) is 15.6 Å². The van der Waals surface area contributed by atoms with Gasteiger partial charge < -0.3 is 4.90 Å². The minimum atomic E-state index is -0.126. The second-order valence-corrected chi connectivity index (χ2v) is 8.39. The standard InChI is InChI=1S/C17H19ClN4OS/c1-11-8-19-15(24-11)20-16(23)22-10-17(5-6-21(2)9-17)13-7-12(18)3-4-14(13)22/h3-4,7-8H,5-6,9-10H2,1-2H3,(H,19,20,23)/t17-/m0/s1. The Labute approximate surface area is 150 Å². The zero-order valence-electron chi connectivity index (χ0n) is 13.7. The van der Waals surface area contributed by atoms with Crippen molar-refractivity contribution in [2.75, 3.05) is 36.9 Å². The number of benzene rings is 1. The van der Waals surface area contributed by atoms with Crippen molar-refractivity contribution < 1.29 is 4.79 Å². The Morgan fingerprint density at radius 3 is 2.92 bits per heavy atom. The van der Waals surface area contributed by atoms with Crippen molar-refractivity contribution in [3.8, 4) is 0 Å². The lowest BCUT2D eigenvalue weighted by molar-refractivity contribution is 0.256. The first-order valence-electron chi connectivity index (χ1n) is 7.96. The third-order valence-electron chi connectivity index (χ3n) is 4.91. The van der Waals surface area contributed by atoms with Gasteiger partial charge in [-0.05, 0) is 50.7 Å². The highest BCUT2D eigenvalue weighted by atomic mass is 35.5. The van der Waals surface area contributed by atoms with E-state index in [1.807, 2.05) is 30.0 Å². The maximum absolute atomic E-state index is 12.8.